The summed E-state index contributed by atoms with van der Waals surface area (Å²) in [6.07, 6.45) is 4.73. The fourth-order valence-electron chi connectivity index (χ4n) is 2.19. The van der Waals surface area contributed by atoms with Crippen molar-refractivity contribution in [1.82, 2.24) is 4.98 Å². The molecule has 0 unspecified atom stereocenters. The summed E-state index contributed by atoms with van der Waals surface area (Å²) in [5.74, 6) is 0.776. The maximum Gasteiger partial charge on any atom is 0.261 e. The van der Waals surface area contributed by atoms with Crippen LogP contribution in [0.3, 0.4) is 0 Å². The molecule has 0 amide bonds. The highest BCUT2D eigenvalue weighted by Crippen LogP contribution is 2.19. The van der Waals surface area contributed by atoms with E-state index in [1.54, 1.807) is 43.8 Å². The first-order chi connectivity index (χ1) is 12.6. The molecule has 132 valence electrons. The van der Waals surface area contributed by atoms with Crippen LogP contribution in [0.2, 0.25) is 0 Å². The van der Waals surface area contributed by atoms with Crippen molar-refractivity contribution in [2.75, 3.05) is 11.8 Å². The minimum atomic E-state index is -3.66. The molecule has 3 rings (SSSR count). The first-order valence-corrected chi connectivity index (χ1v) is 9.26. The molecule has 0 aliphatic heterocycles. The third kappa shape index (κ3) is 4.46. The van der Waals surface area contributed by atoms with Gasteiger partial charge in [0, 0.05) is 12.4 Å². The fraction of sp³-hybridized carbons (Fsp3) is 0.0526. The molecular formula is C19H17N3O3S. The predicted molar refractivity (Wildman–Crippen MR) is 102 cm³/mol. The second-order valence-electron chi connectivity index (χ2n) is 5.37. The molecule has 0 aliphatic rings. The van der Waals surface area contributed by atoms with Crippen molar-refractivity contribution in [1.29, 1.82) is 0 Å². The van der Waals surface area contributed by atoms with Gasteiger partial charge in [0.1, 0.15) is 5.75 Å². The predicted octanol–water partition coefficient (Wildman–Crippen LogP) is 3.64. The van der Waals surface area contributed by atoms with Gasteiger partial charge in [0.05, 0.1) is 29.6 Å². The van der Waals surface area contributed by atoms with Gasteiger partial charge in [-0.2, -0.15) is 0 Å². The third-order valence-corrected chi connectivity index (χ3v) is 4.94. The summed E-state index contributed by atoms with van der Waals surface area (Å²) in [5, 5.41) is 0. The Morgan fingerprint density at radius 3 is 2.38 bits per heavy atom. The Hall–Kier alpha value is -3.19. The molecule has 3 aromatic rings. The van der Waals surface area contributed by atoms with Crippen LogP contribution in [0.4, 0.5) is 11.4 Å². The number of pyridine rings is 1. The van der Waals surface area contributed by atoms with Crippen LogP contribution in [0.1, 0.15) is 5.56 Å². The number of hydrogen-bond donors (Lipinski definition) is 1. The van der Waals surface area contributed by atoms with Crippen LogP contribution in [0.5, 0.6) is 5.75 Å². The van der Waals surface area contributed by atoms with Crippen molar-refractivity contribution in [3.05, 3.63) is 78.6 Å². The van der Waals surface area contributed by atoms with E-state index < -0.39 is 10.0 Å². The van der Waals surface area contributed by atoms with E-state index in [1.165, 1.54) is 18.3 Å². The second kappa shape index (κ2) is 7.79. The Kier molecular flexibility index (Phi) is 5.28. The number of methoxy groups -OCH3 is 1. The zero-order valence-corrected chi connectivity index (χ0v) is 14.8. The molecule has 0 bridgehead atoms. The maximum atomic E-state index is 12.4. The highest BCUT2D eigenvalue weighted by molar-refractivity contribution is 7.92. The Labute approximate surface area is 152 Å². The average molecular weight is 367 g/mol. The molecule has 1 aromatic heterocycles. The summed E-state index contributed by atoms with van der Waals surface area (Å²) in [4.78, 5) is 8.39. The van der Waals surface area contributed by atoms with E-state index in [0.29, 0.717) is 11.4 Å². The second-order valence-corrected chi connectivity index (χ2v) is 7.05. The number of aromatic nitrogens is 1. The molecule has 0 radical (unpaired) electrons. The average Bonchev–Trinajstić information content (AvgIpc) is 2.67. The molecule has 0 aliphatic carbocycles. The third-order valence-electron chi connectivity index (χ3n) is 3.54. The Bertz CT molecular complexity index is 984. The number of benzene rings is 2. The van der Waals surface area contributed by atoms with Crippen LogP contribution in [0.15, 0.2) is 82.9 Å². The van der Waals surface area contributed by atoms with Crippen LogP contribution in [-0.4, -0.2) is 26.7 Å². The van der Waals surface area contributed by atoms with E-state index >= 15 is 0 Å². The van der Waals surface area contributed by atoms with Gasteiger partial charge in [-0.3, -0.25) is 14.7 Å². The fourth-order valence-corrected chi connectivity index (χ4v) is 3.23. The van der Waals surface area contributed by atoms with Crippen molar-refractivity contribution >= 4 is 27.6 Å². The molecule has 0 fully saturated rings. The van der Waals surface area contributed by atoms with E-state index in [-0.39, 0.29) is 4.90 Å². The zero-order valence-electron chi connectivity index (χ0n) is 14.0. The van der Waals surface area contributed by atoms with Gasteiger partial charge in [-0.1, -0.05) is 0 Å². The molecule has 7 heteroatoms. The van der Waals surface area contributed by atoms with Crippen molar-refractivity contribution in [2.24, 2.45) is 4.99 Å². The van der Waals surface area contributed by atoms with Gasteiger partial charge < -0.3 is 4.74 Å². The van der Waals surface area contributed by atoms with Gasteiger partial charge in [0.25, 0.3) is 10.0 Å². The lowest BCUT2D eigenvalue weighted by molar-refractivity contribution is 0.415. The molecule has 6 nitrogen and oxygen atoms in total. The van der Waals surface area contributed by atoms with Crippen molar-refractivity contribution in [3.8, 4) is 5.75 Å². The van der Waals surface area contributed by atoms with Crippen LogP contribution in [0, 0.1) is 0 Å². The number of hydrogen-bond acceptors (Lipinski definition) is 5. The first kappa shape index (κ1) is 17.6. The highest BCUT2D eigenvalue weighted by atomic mass is 32.2. The molecular weight excluding hydrogens is 350 g/mol. The number of rotatable bonds is 6. The summed E-state index contributed by atoms with van der Waals surface area (Å²) in [7, 11) is -2.05. The minimum absolute atomic E-state index is 0.157. The van der Waals surface area contributed by atoms with Crippen LogP contribution in [0.25, 0.3) is 0 Å². The Morgan fingerprint density at radius 2 is 1.77 bits per heavy atom. The van der Waals surface area contributed by atoms with Crippen molar-refractivity contribution < 1.29 is 13.2 Å². The summed E-state index contributed by atoms with van der Waals surface area (Å²) in [6, 6.07) is 17.1. The van der Waals surface area contributed by atoms with Gasteiger partial charge in [-0.15, -0.1) is 0 Å². The lowest BCUT2D eigenvalue weighted by Crippen LogP contribution is -2.12. The largest absolute Gasteiger partial charge is 0.497 e. The number of nitrogens with one attached hydrogen (secondary N) is 1. The van der Waals surface area contributed by atoms with Crippen molar-refractivity contribution in [2.45, 2.75) is 4.90 Å². The Morgan fingerprint density at radius 1 is 1.04 bits per heavy atom. The quantitative estimate of drug-likeness (QED) is 0.675. The van der Waals surface area contributed by atoms with E-state index in [1.807, 2.05) is 24.3 Å². The zero-order chi connectivity index (χ0) is 18.4. The lowest BCUT2D eigenvalue weighted by atomic mass is 10.2. The summed E-state index contributed by atoms with van der Waals surface area (Å²) >= 11 is 0. The SMILES string of the molecule is COc1ccc(C=Nc2ccc(S(=O)(=O)Nc3cccnc3)cc2)cc1. The molecule has 26 heavy (non-hydrogen) atoms. The maximum absolute atomic E-state index is 12.4. The summed E-state index contributed by atoms with van der Waals surface area (Å²) in [6.45, 7) is 0. The molecule has 2 aromatic carbocycles. The number of nitrogens with zero attached hydrogens (tertiary/aromatic N) is 2. The standard InChI is InChI=1S/C19H17N3O3S/c1-25-18-8-4-15(5-9-18)13-21-16-6-10-19(11-7-16)26(23,24)22-17-3-2-12-20-14-17/h2-14,22H,1H3. The van der Waals surface area contributed by atoms with Crippen LogP contribution < -0.4 is 9.46 Å². The first-order valence-electron chi connectivity index (χ1n) is 7.78. The van der Waals surface area contributed by atoms with Gasteiger partial charge >= 0.3 is 0 Å². The minimum Gasteiger partial charge on any atom is -0.497 e. The normalized spacial score (nSPS) is 11.4. The van der Waals surface area contributed by atoms with E-state index in [2.05, 4.69) is 14.7 Å². The summed E-state index contributed by atoms with van der Waals surface area (Å²) in [5.41, 5.74) is 1.98. The number of ether oxygens (including phenoxy) is 1. The number of anilines is 1. The molecule has 0 spiro atoms. The Balaban J connectivity index is 1.72. The van der Waals surface area contributed by atoms with Gasteiger partial charge in [-0.25, -0.2) is 8.42 Å². The smallest absolute Gasteiger partial charge is 0.261 e. The van der Waals surface area contributed by atoms with Crippen LogP contribution >= 0.6 is 0 Å². The van der Waals surface area contributed by atoms with E-state index in [0.717, 1.165) is 11.3 Å². The molecule has 1 N–H and O–H groups in total. The van der Waals surface area contributed by atoms with Crippen LogP contribution in [-0.2, 0) is 10.0 Å². The molecule has 0 saturated carbocycles. The molecule has 1 heterocycles. The lowest BCUT2D eigenvalue weighted by Gasteiger charge is -2.07. The van der Waals surface area contributed by atoms with E-state index in [4.69, 9.17) is 4.74 Å². The molecule has 0 atom stereocenters. The summed E-state index contributed by atoms with van der Waals surface area (Å²) < 4.78 is 32.3. The van der Waals surface area contributed by atoms with Gasteiger partial charge in [0.2, 0.25) is 0 Å². The topological polar surface area (TPSA) is 80.6 Å². The van der Waals surface area contributed by atoms with Gasteiger partial charge in [0.15, 0.2) is 0 Å². The number of aliphatic imine (C=N–C) groups is 1. The van der Waals surface area contributed by atoms with Crippen molar-refractivity contribution in [3.63, 3.8) is 0 Å². The monoisotopic (exact) mass is 367 g/mol. The van der Waals surface area contributed by atoms with E-state index in [9.17, 15) is 8.42 Å². The number of sulfonamides is 1. The highest BCUT2D eigenvalue weighted by Gasteiger charge is 2.13. The van der Waals surface area contributed by atoms with Gasteiger partial charge in [-0.05, 0) is 66.2 Å². The molecule has 0 saturated heterocycles.